The maximum atomic E-state index is 13.5. The Morgan fingerprint density at radius 2 is 1.56 bits per heavy atom. The molecule has 0 N–H and O–H groups in total. The van der Waals surface area contributed by atoms with Crippen LogP contribution in [0.25, 0.3) is 22.6 Å². The largest absolute Gasteiger partial charge is 0.471 e. The van der Waals surface area contributed by atoms with Crippen molar-refractivity contribution in [1.29, 1.82) is 0 Å². The molecule has 0 aliphatic rings. The molecule has 0 unspecified atom stereocenters. The van der Waals surface area contributed by atoms with Gasteiger partial charge in [-0.15, -0.1) is 0 Å². The molecule has 34 heavy (non-hydrogen) atoms. The second kappa shape index (κ2) is 8.79. The van der Waals surface area contributed by atoms with Crippen LogP contribution in [0.1, 0.15) is 17.1 Å². The quantitative estimate of drug-likeness (QED) is 0.249. The van der Waals surface area contributed by atoms with E-state index in [1.54, 1.807) is 0 Å². The molecule has 2 aromatic heterocycles. The summed E-state index contributed by atoms with van der Waals surface area (Å²) in [6.45, 7) is -0.162. The first-order chi connectivity index (χ1) is 15.8. The van der Waals surface area contributed by atoms with Crippen molar-refractivity contribution in [1.82, 2.24) is 19.9 Å². The fraction of sp³-hybridized carbons (Fsp3) is 0.150. The van der Waals surface area contributed by atoms with E-state index in [0.29, 0.717) is 5.56 Å². The van der Waals surface area contributed by atoms with Crippen LogP contribution in [-0.2, 0) is 18.9 Å². The number of hydrogen-bond acceptors (Lipinski definition) is 4. The zero-order valence-corrected chi connectivity index (χ0v) is 18.6. The highest BCUT2D eigenvalue weighted by Crippen LogP contribution is 2.42. The maximum Gasteiger partial charge on any atom is 0.471 e. The Morgan fingerprint density at radius 3 is 2.12 bits per heavy atom. The van der Waals surface area contributed by atoms with Crippen molar-refractivity contribution in [2.45, 2.75) is 18.9 Å². The van der Waals surface area contributed by atoms with Gasteiger partial charge in [0.15, 0.2) is 5.69 Å². The number of hydrogen-bond donors (Lipinski definition) is 0. The van der Waals surface area contributed by atoms with Crippen LogP contribution in [0.5, 0.6) is 0 Å². The van der Waals surface area contributed by atoms with Gasteiger partial charge in [-0.25, -0.2) is 0 Å². The second-order valence-electron chi connectivity index (χ2n) is 6.91. The van der Waals surface area contributed by atoms with Crippen LogP contribution >= 0.6 is 34.8 Å². The predicted octanol–water partition coefficient (Wildman–Crippen LogP) is 7.65. The lowest BCUT2D eigenvalue weighted by Crippen LogP contribution is -2.09. The first kappa shape index (κ1) is 24.4. The molecular weight excluding hydrogens is 533 g/mol. The molecule has 14 heteroatoms. The Kier molecular flexibility index (Phi) is 6.30. The summed E-state index contributed by atoms with van der Waals surface area (Å²) in [5.74, 6) is -1.80. The van der Waals surface area contributed by atoms with Gasteiger partial charge in [-0.2, -0.15) is 36.4 Å². The van der Waals surface area contributed by atoms with E-state index in [1.165, 1.54) is 42.5 Å². The highest BCUT2D eigenvalue weighted by Gasteiger charge is 2.40. The van der Waals surface area contributed by atoms with Crippen LogP contribution in [0.2, 0.25) is 15.1 Å². The van der Waals surface area contributed by atoms with Gasteiger partial charge in [-0.3, -0.25) is 4.68 Å². The Hall–Kier alpha value is -2.76. The molecule has 0 spiro atoms. The Balaban J connectivity index is 1.70. The summed E-state index contributed by atoms with van der Waals surface area (Å²) in [7, 11) is 0. The molecular formula is C20H9Cl3F6N4O. The topological polar surface area (TPSA) is 56.7 Å². The first-order valence-corrected chi connectivity index (χ1v) is 10.3. The summed E-state index contributed by atoms with van der Waals surface area (Å²) in [4.78, 5) is 3.29. The van der Waals surface area contributed by atoms with Gasteiger partial charge < -0.3 is 4.52 Å². The molecule has 0 saturated carbocycles. The van der Waals surface area contributed by atoms with Crippen LogP contribution < -0.4 is 0 Å². The molecule has 2 heterocycles. The van der Waals surface area contributed by atoms with E-state index in [1.807, 2.05) is 0 Å². The lowest BCUT2D eigenvalue weighted by Gasteiger charge is -2.10. The lowest BCUT2D eigenvalue weighted by atomic mass is 10.1. The fourth-order valence-electron chi connectivity index (χ4n) is 3.06. The minimum atomic E-state index is -4.82. The van der Waals surface area contributed by atoms with Gasteiger partial charge in [-0.05, 0) is 23.8 Å². The summed E-state index contributed by atoms with van der Waals surface area (Å²) in [5, 5.41) is 6.62. The van der Waals surface area contributed by atoms with Crippen molar-refractivity contribution in [3.63, 3.8) is 0 Å². The third kappa shape index (κ3) is 4.86. The third-order valence-electron chi connectivity index (χ3n) is 4.56. The molecule has 0 bridgehead atoms. The molecule has 5 nitrogen and oxygen atoms in total. The van der Waals surface area contributed by atoms with Crippen molar-refractivity contribution in [3.8, 4) is 22.6 Å². The molecule has 0 saturated heterocycles. The Labute approximate surface area is 201 Å². The highest BCUT2D eigenvalue weighted by atomic mass is 35.5. The van der Waals surface area contributed by atoms with E-state index >= 15 is 0 Å². The molecule has 0 fully saturated rings. The summed E-state index contributed by atoms with van der Waals surface area (Å²) < 4.78 is 83.6. The van der Waals surface area contributed by atoms with E-state index in [0.717, 1.165) is 4.68 Å². The number of alkyl halides is 6. The van der Waals surface area contributed by atoms with E-state index < -0.39 is 29.0 Å². The van der Waals surface area contributed by atoms with Crippen molar-refractivity contribution < 1.29 is 30.9 Å². The van der Waals surface area contributed by atoms with Crippen LogP contribution in [0, 0.1) is 0 Å². The van der Waals surface area contributed by atoms with Crippen molar-refractivity contribution >= 4 is 34.8 Å². The van der Waals surface area contributed by atoms with Crippen LogP contribution in [0.3, 0.4) is 0 Å². The van der Waals surface area contributed by atoms with Crippen LogP contribution in [0.4, 0.5) is 26.3 Å². The number of aromatic nitrogens is 4. The molecule has 0 atom stereocenters. The molecule has 178 valence electrons. The summed E-state index contributed by atoms with van der Waals surface area (Å²) in [6, 6.07) is 9.94. The summed E-state index contributed by atoms with van der Waals surface area (Å²) >= 11 is 18.1. The van der Waals surface area contributed by atoms with Gasteiger partial charge in [-0.1, -0.05) is 64.2 Å². The zero-order valence-electron chi connectivity index (χ0n) is 16.3. The standard InChI is InChI=1S/C20H9Cl3F6N4O/c21-11-5-6-12(13(22)7-11)15-14(23)16(19(24,25)26)31-33(15)8-9-1-3-10(4-2-9)17-30-18(34-32-17)20(27,28)29/h1-7H,8H2. The normalized spacial score (nSPS) is 12.4. The number of rotatable bonds is 4. The fourth-order valence-corrected chi connectivity index (χ4v) is 3.90. The average Bonchev–Trinajstić information content (AvgIpc) is 3.34. The van der Waals surface area contributed by atoms with Gasteiger partial charge in [0.2, 0.25) is 5.82 Å². The van der Waals surface area contributed by atoms with E-state index in [2.05, 4.69) is 19.8 Å². The Bertz CT molecular complexity index is 1350. The molecule has 4 aromatic rings. The summed E-state index contributed by atoms with van der Waals surface area (Å²) in [6.07, 6.45) is -9.62. The Morgan fingerprint density at radius 1 is 0.882 bits per heavy atom. The van der Waals surface area contributed by atoms with Crippen LogP contribution in [-0.4, -0.2) is 19.9 Å². The highest BCUT2D eigenvalue weighted by molar-refractivity contribution is 6.38. The predicted molar refractivity (Wildman–Crippen MR) is 112 cm³/mol. The number of benzene rings is 2. The van der Waals surface area contributed by atoms with E-state index in [-0.39, 0.29) is 39.2 Å². The molecule has 2 aromatic carbocycles. The molecule has 0 radical (unpaired) electrons. The molecule has 0 aliphatic carbocycles. The third-order valence-corrected chi connectivity index (χ3v) is 5.47. The van der Waals surface area contributed by atoms with Gasteiger partial charge in [0.1, 0.15) is 0 Å². The maximum absolute atomic E-state index is 13.5. The second-order valence-corrected chi connectivity index (χ2v) is 8.13. The van der Waals surface area contributed by atoms with E-state index in [4.69, 9.17) is 34.8 Å². The minimum Gasteiger partial charge on any atom is -0.329 e. The average molecular weight is 542 g/mol. The van der Waals surface area contributed by atoms with Crippen LogP contribution in [0.15, 0.2) is 47.0 Å². The van der Waals surface area contributed by atoms with Crippen molar-refractivity contribution in [2.24, 2.45) is 0 Å². The lowest BCUT2D eigenvalue weighted by molar-refractivity contribution is -0.159. The number of halogens is 9. The number of nitrogens with zero attached hydrogens (tertiary/aromatic N) is 4. The van der Waals surface area contributed by atoms with Gasteiger partial charge in [0.05, 0.1) is 22.3 Å². The molecule has 0 aliphatic heterocycles. The van der Waals surface area contributed by atoms with Crippen molar-refractivity contribution in [3.05, 3.63) is 74.7 Å². The van der Waals surface area contributed by atoms with E-state index in [9.17, 15) is 26.3 Å². The summed E-state index contributed by atoms with van der Waals surface area (Å²) in [5.41, 5.74) is -0.519. The smallest absolute Gasteiger partial charge is 0.329 e. The monoisotopic (exact) mass is 540 g/mol. The minimum absolute atomic E-state index is 0.0668. The van der Waals surface area contributed by atoms with Crippen molar-refractivity contribution in [2.75, 3.05) is 0 Å². The van der Waals surface area contributed by atoms with Gasteiger partial charge in [0.25, 0.3) is 0 Å². The van der Waals surface area contributed by atoms with Gasteiger partial charge in [0, 0.05) is 16.1 Å². The SMILES string of the molecule is FC(F)(F)c1nc(-c2ccc(Cn3nc(C(F)(F)F)c(Cl)c3-c3ccc(Cl)cc3Cl)cc2)no1. The first-order valence-electron chi connectivity index (χ1n) is 9.13. The molecule has 4 rings (SSSR count). The van der Waals surface area contributed by atoms with Gasteiger partial charge >= 0.3 is 18.2 Å². The molecule has 0 amide bonds. The zero-order chi connectivity index (χ0) is 24.8.